The molecule has 0 bridgehead atoms. The fraction of sp³-hybridized carbons (Fsp3) is 0.312. The van der Waals surface area contributed by atoms with E-state index in [-0.39, 0.29) is 11.6 Å². The minimum atomic E-state index is -0.668. The molecule has 7 heteroatoms. The molecule has 0 fully saturated rings. The molecule has 1 heterocycles. The molecule has 0 aliphatic carbocycles. The number of likely N-dealkylation sites (N-methyl/N-ethyl adjacent to an activating group) is 1. The highest BCUT2D eigenvalue weighted by molar-refractivity contribution is 5.98. The van der Waals surface area contributed by atoms with Crippen molar-refractivity contribution in [2.45, 2.75) is 26.8 Å². The van der Waals surface area contributed by atoms with E-state index >= 15 is 0 Å². The molecule has 6 nitrogen and oxygen atoms in total. The topological polar surface area (TPSA) is 76.0 Å². The van der Waals surface area contributed by atoms with Gasteiger partial charge in [0.25, 0.3) is 5.91 Å². The number of aromatic nitrogens is 2. The van der Waals surface area contributed by atoms with Crippen LogP contribution in [0.25, 0.3) is 5.69 Å². The first-order valence-electron chi connectivity index (χ1n) is 7.33. The summed E-state index contributed by atoms with van der Waals surface area (Å²) in [5.74, 6) is -1.12. The number of para-hydroxylation sites is 1. The maximum Gasteiger partial charge on any atom is 0.255 e. The van der Waals surface area contributed by atoms with Crippen molar-refractivity contribution in [3.63, 3.8) is 0 Å². The van der Waals surface area contributed by atoms with Crippen LogP contribution in [0.15, 0.2) is 30.5 Å². The van der Waals surface area contributed by atoms with Gasteiger partial charge < -0.3 is 10.6 Å². The molecule has 2 rings (SSSR count). The number of carbonyl (C=O) groups is 2. The van der Waals surface area contributed by atoms with Gasteiger partial charge in [0, 0.05) is 6.54 Å². The molecule has 2 amide bonds. The van der Waals surface area contributed by atoms with E-state index < -0.39 is 17.8 Å². The Morgan fingerprint density at radius 1 is 1.35 bits per heavy atom. The zero-order valence-electron chi connectivity index (χ0n) is 13.3. The summed E-state index contributed by atoms with van der Waals surface area (Å²) >= 11 is 0. The Morgan fingerprint density at radius 2 is 2.04 bits per heavy atom. The molecule has 0 unspecified atom stereocenters. The summed E-state index contributed by atoms with van der Waals surface area (Å²) in [6, 6.07) is 5.51. The van der Waals surface area contributed by atoms with E-state index in [4.69, 9.17) is 0 Å². The van der Waals surface area contributed by atoms with Crippen molar-refractivity contribution in [2.24, 2.45) is 0 Å². The molecule has 0 radical (unpaired) electrons. The number of amides is 2. The first-order valence-corrected chi connectivity index (χ1v) is 7.33. The summed E-state index contributed by atoms with van der Waals surface area (Å²) in [7, 11) is 0. The first kappa shape index (κ1) is 16.7. The van der Waals surface area contributed by atoms with Crippen LogP contribution in [0.2, 0.25) is 0 Å². The number of benzene rings is 1. The van der Waals surface area contributed by atoms with E-state index in [9.17, 15) is 14.0 Å². The van der Waals surface area contributed by atoms with Crippen molar-refractivity contribution >= 4 is 11.8 Å². The fourth-order valence-corrected chi connectivity index (χ4v) is 2.17. The number of halogens is 1. The highest BCUT2D eigenvalue weighted by Crippen LogP contribution is 2.17. The van der Waals surface area contributed by atoms with Crippen molar-refractivity contribution in [1.82, 2.24) is 20.4 Å². The second-order valence-electron chi connectivity index (χ2n) is 5.10. The van der Waals surface area contributed by atoms with Gasteiger partial charge in [0.2, 0.25) is 5.91 Å². The van der Waals surface area contributed by atoms with Gasteiger partial charge in [0.15, 0.2) is 0 Å². The summed E-state index contributed by atoms with van der Waals surface area (Å²) in [6.07, 6.45) is 1.36. The maximum atomic E-state index is 13.9. The molecule has 1 atom stereocenters. The molecule has 0 aliphatic rings. The number of hydrogen-bond donors (Lipinski definition) is 2. The molecular formula is C16H19FN4O2. The van der Waals surface area contributed by atoms with Crippen LogP contribution in [0.5, 0.6) is 0 Å². The van der Waals surface area contributed by atoms with Gasteiger partial charge in [-0.05, 0) is 32.9 Å². The van der Waals surface area contributed by atoms with Crippen molar-refractivity contribution in [2.75, 3.05) is 6.54 Å². The SMILES string of the molecule is CCNC(=O)[C@H](C)NC(=O)c1cnn(-c2ccccc2F)c1C. The Kier molecular flexibility index (Phi) is 5.10. The van der Waals surface area contributed by atoms with E-state index in [2.05, 4.69) is 15.7 Å². The highest BCUT2D eigenvalue weighted by Gasteiger charge is 2.20. The molecule has 0 saturated heterocycles. The van der Waals surface area contributed by atoms with E-state index in [1.807, 2.05) is 0 Å². The van der Waals surface area contributed by atoms with Crippen LogP contribution in [0.1, 0.15) is 29.9 Å². The van der Waals surface area contributed by atoms with E-state index in [0.717, 1.165) is 0 Å². The molecule has 2 aromatic rings. The quantitative estimate of drug-likeness (QED) is 0.879. The van der Waals surface area contributed by atoms with Gasteiger partial charge in [-0.1, -0.05) is 12.1 Å². The third kappa shape index (κ3) is 3.56. The minimum absolute atomic E-state index is 0.264. The average molecular weight is 318 g/mol. The monoisotopic (exact) mass is 318 g/mol. The van der Waals surface area contributed by atoms with Crippen LogP contribution in [0.4, 0.5) is 4.39 Å². The second-order valence-corrected chi connectivity index (χ2v) is 5.10. The van der Waals surface area contributed by atoms with Gasteiger partial charge in [-0.15, -0.1) is 0 Å². The predicted octanol–water partition coefficient (Wildman–Crippen LogP) is 1.57. The van der Waals surface area contributed by atoms with Gasteiger partial charge >= 0.3 is 0 Å². The van der Waals surface area contributed by atoms with Crippen molar-refractivity contribution in [1.29, 1.82) is 0 Å². The Labute approximate surface area is 133 Å². The molecule has 23 heavy (non-hydrogen) atoms. The Bertz CT molecular complexity index is 727. The van der Waals surface area contributed by atoms with Gasteiger partial charge in [0.05, 0.1) is 17.5 Å². The van der Waals surface area contributed by atoms with Crippen molar-refractivity contribution in [3.05, 3.63) is 47.5 Å². The molecule has 1 aromatic heterocycles. The molecular weight excluding hydrogens is 299 g/mol. The summed E-state index contributed by atoms with van der Waals surface area (Å²) in [5, 5.41) is 9.31. The Hall–Kier alpha value is -2.70. The first-order chi connectivity index (χ1) is 11.0. The third-order valence-corrected chi connectivity index (χ3v) is 3.43. The maximum absolute atomic E-state index is 13.9. The third-order valence-electron chi connectivity index (χ3n) is 3.43. The van der Waals surface area contributed by atoms with Crippen molar-refractivity contribution in [3.8, 4) is 5.69 Å². The zero-order valence-corrected chi connectivity index (χ0v) is 13.3. The van der Waals surface area contributed by atoms with Crippen LogP contribution < -0.4 is 10.6 Å². The number of nitrogens with one attached hydrogen (secondary N) is 2. The molecule has 2 N–H and O–H groups in total. The lowest BCUT2D eigenvalue weighted by Crippen LogP contribution is -2.44. The number of hydrogen-bond acceptors (Lipinski definition) is 3. The zero-order chi connectivity index (χ0) is 17.0. The Balaban J connectivity index is 2.21. The van der Waals surface area contributed by atoms with E-state index in [1.165, 1.54) is 16.9 Å². The van der Waals surface area contributed by atoms with Gasteiger partial charge in [0.1, 0.15) is 17.5 Å². The summed E-state index contributed by atoms with van der Waals surface area (Å²) in [6.45, 7) is 5.56. The Morgan fingerprint density at radius 3 is 2.70 bits per heavy atom. The normalized spacial score (nSPS) is 11.8. The van der Waals surface area contributed by atoms with Crippen LogP contribution >= 0.6 is 0 Å². The van der Waals surface area contributed by atoms with Crippen LogP contribution in [-0.2, 0) is 4.79 Å². The lowest BCUT2D eigenvalue weighted by atomic mass is 10.2. The highest BCUT2D eigenvalue weighted by atomic mass is 19.1. The lowest BCUT2D eigenvalue weighted by Gasteiger charge is -2.13. The second kappa shape index (κ2) is 7.04. The van der Waals surface area contributed by atoms with E-state index in [0.29, 0.717) is 17.8 Å². The van der Waals surface area contributed by atoms with Gasteiger partial charge in [-0.2, -0.15) is 5.10 Å². The minimum Gasteiger partial charge on any atom is -0.355 e. The summed E-state index contributed by atoms with van der Waals surface area (Å²) in [4.78, 5) is 23.9. The molecule has 122 valence electrons. The smallest absolute Gasteiger partial charge is 0.255 e. The lowest BCUT2D eigenvalue weighted by molar-refractivity contribution is -0.122. The number of nitrogens with zero attached hydrogens (tertiary/aromatic N) is 2. The molecule has 1 aromatic carbocycles. The summed E-state index contributed by atoms with van der Waals surface area (Å²) in [5.41, 5.74) is 1.06. The molecule has 0 aliphatic heterocycles. The van der Waals surface area contributed by atoms with Crippen LogP contribution in [-0.4, -0.2) is 34.2 Å². The van der Waals surface area contributed by atoms with Gasteiger partial charge in [-0.25, -0.2) is 9.07 Å². The number of carbonyl (C=O) groups excluding carboxylic acids is 2. The fourth-order valence-electron chi connectivity index (χ4n) is 2.17. The predicted molar refractivity (Wildman–Crippen MR) is 83.9 cm³/mol. The van der Waals surface area contributed by atoms with Crippen LogP contribution in [0.3, 0.4) is 0 Å². The number of rotatable bonds is 5. The summed E-state index contributed by atoms with van der Waals surface area (Å²) < 4.78 is 15.2. The van der Waals surface area contributed by atoms with Gasteiger partial charge in [-0.3, -0.25) is 9.59 Å². The average Bonchev–Trinajstić information content (AvgIpc) is 2.89. The van der Waals surface area contributed by atoms with E-state index in [1.54, 1.807) is 39.0 Å². The molecule has 0 spiro atoms. The standard InChI is InChI=1S/C16H19FN4O2/c1-4-18-15(22)10(2)20-16(23)12-9-19-21(11(12)3)14-8-6-5-7-13(14)17/h5-10H,4H2,1-3H3,(H,18,22)(H,20,23)/t10-/m0/s1. The van der Waals surface area contributed by atoms with Crippen molar-refractivity contribution < 1.29 is 14.0 Å². The molecule has 0 saturated carbocycles. The largest absolute Gasteiger partial charge is 0.355 e. The van der Waals surface area contributed by atoms with Crippen LogP contribution in [0, 0.1) is 12.7 Å².